The number of amides is 2. The van der Waals surface area contributed by atoms with Crippen molar-refractivity contribution in [3.05, 3.63) is 41.6 Å². The number of hydrogen-bond donors (Lipinski definition) is 1. The third-order valence-electron chi connectivity index (χ3n) is 3.82. The average Bonchev–Trinajstić information content (AvgIpc) is 3.25. The zero-order chi connectivity index (χ0) is 16.1. The van der Waals surface area contributed by atoms with Gasteiger partial charge >= 0.3 is 0 Å². The summed E-state index contributed by atoms with van der Waals surface area (Å²) >= 11 is 0. The Morgan fingerprint density at radius 3 is 2.78 bits per heavy atom. The quantitative estimate of drug-likeness (QED) is 0.922. The number of anilines is 2. The molecule has 1 aliphatic heterocycles. The molecular weight excluding hydrogens is 308 g/mol. The van der Waals surface area contributed by atoms with Crippen LogP contribution in [0.5, 0.6) is 0 Å². The van der Waals surface area contributed by atoms with Gasteiger partial charge in [-0.1, -0.05) is 0 Å². The first-order valence-corrected chi connectivity index (χ1v) is 7.09. The van der Waals surface area contributed by atoms with E-state index in [2.05, 4.69) is 10.3 Å². The summed E-state index contributed by atoms with van der Waals surface area (Å²) in [6.45, 7) is -0.303. The van der Waals surface area contributed by atoms with Crippen molar-refractivity contribution in [2.45, 2.75) is 18.8 Å². The van der Waals surface area contributed by atoms with Gasteiger partial charge in [0.25, 0.3) is 5.91 Å². The molecule has 0 spiro atoms. The van der Waals surface area contributed by atoms with Crippen LogP contribution in [0.4, 0.5) is 20.2 Å². The molecule has 8 heteroatoms. The van der Waals surface area contributed by atoms with Gasteiger partial charge in [0.1, 0.15) is 12.8 Å². The SMILES string of the molecule is O=C1CN(C(=O)c2coc(C3CC3)n2)c2cc(F)c(F)cc2N1. The summed E-state index contributed by atoms with van der Waals surface area (Å²) in [4.78, 5) is 29.5. The molecule has 1 fully saturated rings. The normalized spacial score (nSPS) is 17.0. The van der Waals surface area contributed by atoms with Crippen molar-refractivity contribution in [2.24, 2.45) is 0 Å². The van der Waals surface area contributed by atoms with E-state index < -0.39 is 23.4 Å². The zero-order valence-corrected chi connectivity index (χ0v) is 11.8. The van der Waals surface area contributed by atoms with E-state index in [4.69, 9.17) is 4.42 Å². The highest BCUT2D eigenvalue weighted by molar-refractivity contribution is 6.14. The monoisotopic (exact) mass is 319 g/mol. The van der Waals surface area contributed by atoms with Crippen LogP contribution in [0.1, 0.15) is 35.1 Å². The van der Waals surface area contributed by atoms with Gasteiger partial charge in [0.2, 0.25) is 5.91 Å². The number of halogens is 2. The molecule has 0 atom stereocenters. The van der Waals surface area contributed by atoms with Gasteiger partial charge in [0, 0.05) is 18.1 Å². The molecule has 1 aromatic heterocycles. The van der Waals surface area contributed by atoms with Crippen LogP contribution in [0, 0.1) is 11.6 Å². The van der Waals surface area contributed by atoms with Crippen LogP contribution >= 0.6 is 0 Å². The van der Waals surface area contributed by atoms with E-state index in [0.29, 0.717) is 5.89 Å². The molecule has 0 radical (unpaired) electrons. The lowest BCUT2D eigenvalue weighted by molar-refractivity contribution is -0.115. The fourth-order valence-corrected chi connectivity index (χ4v) is 2.50. The first kappa shape index (κ1) is 13.9. The van der Waals surface area contributed by atoms with E-state index in [9.17, 15) is 18.4 Å². The molecule has 23 heavy (non-hydrogen) atoms. The Morgan fingerprint density at radius 2 is 2.04 bits per heavy atom. The first-order valence-electron chi connectivity index (χ1n) is 7.09. The molecule has 6 nitrogen and oxygen atoms in total. The summed E-state index contributed by atoms with van der Waals surface area (Å²) in [6, 6.07) is 1.73. The molecule has 0 saturated heterocycles. The van der Waals surface area contributed by atoms with Crippen LogP contribution < -0.4 is 10.2 Å². The number of carbonyl (C=O) groups excluding carboxylic acids is 2. The highest BCUT2D eigenvalue weighted by atomic mass is 19.2. The van der Waals surface area contributed by atoms with Crippen molar-refractivity contribution < 1.29 is 22.8 Å². The number of rotatable bonds is 2. The molecule has 0 unspecified atom stereocenters. The van der Waals surface area contributed by atoms with E-state index in [1.165, 1.54) is 6.26 Å². The Kier molecular flexibility index (Phi) is 2.93. The summed E-state index contributed by atoms with van der Waals surface area (Å²) in [6.07, 6.45) is 3.16. The number of benzene rings is 1. The minimum atomic E-state index is -1.10. The Bertz CT molecular complexity index is 829. The van der Waals surface area contributed by atoms with Crippen molar-refractivity contribution >= 4 is 23.2 Å². The summed E-state index contributed by atoms with van der Waals surface area (Å²) in [7, 11) is 0. The molecule has 2 amide bonds. The molecule has 2 aliphatic rings. The second-order valence-corrected chi connectivity index (χ2v) is 5.57. The summed E-state index contributed by atoms with van der Waals surface area (Å²) in [5.74, 6) is -2.57. The Morgan fingerprint density at radius 1 is 1.30 bits per heavy atom. The van der Waals surface area contributed by atoms with Gasteiger partial charge < -0.3 is 9.73 Å². The van der Waals surface area contributed by atoms with Crippen molar-refractivity contribution in [1.82, 2.24) is 4.98 Å². The van der Waals surface area contributed by atoms with Gasteiger partial charge in [-0.25, -0.2) is 13.8 Å². The Balaban J connectivity index is 1.71. The minimum Gasteiger partial charge on any atom is -0.448 e. The third-order valence-corrected chi connectivity index (χ3v) is 3.82. The summed E-state index contributed by atoms with van der Waals surface area (Å²) < 4.78 is 32.1. The number of fused-ring (bicyclic) bond motifs is 1. The maximum Gasteiger partial charge on any atom is 0.280 e. The Labute approximate surface area is 129 Å². The van der Waals surface area contributed by atoms with E-state index in [0.717, 1.165) is 29.9 Å². The van der Waals surface area contributed by atoms with E-state index in [1.54, 1.807) is 0 Å². The molecule has 118 valence electrons. The van der Waals surface area contributed by atoms with Crippen molar-refractivity contribution in [3.8, 4) is 0 Å². The van der Waals surface area contributed by atoms with Crippen LogP contribution in [0.2, 0.25) is 0 Å². The standard InChI is InChI=1S/C15H11F2N3O3/c16-8-3-10-12(4-9(8)17)20(5-13(21)18-10)15(22)11-6-23-14(19-11)7-1-2-7/h3-4,6-7H,1-2,5H2,(H,18,21). The van der Waals surface area contributed by atoms with E-state index in [-0.39, 0.29) is 29.5 Å². The maximum atomic E-state index is 13.5. The lowest BCUT2D eigenvalue weighted by Gasteiger charge is -2.28. The fraction of sp³-hybridized carbons (Fsp3) is 0.267. The summed E-state index contributed by atoms with van der Waals surface area (Å²) in [5, 5.41) is 2.41. The first-order chi connectivity index (χ1) is 11.0. The molecule has 1 aliphatic carbocycles. The van der Waals surface area contributed by atoms with Crippen LogP contribution in [0.25, 0.3) is 0 Å². The highest BCUT2D eigenvalue weighted by Gasteiger charge is 2.33. The second kappa shape index (κ2) is 4.87. The Hall–Kier alpha value is -2.77. The molecule has 1 saturated carbocycles. The molecule has 0 bridgehead atoms. The summed E-state index contributed by atoms with van der Waals surface area (Å²) in [5.41, 5.74) is 0.168. The van der Waals surface area contributed by atoms with Gasteiger partial charge in [-0.2, -0.15) is 0 Å². The number of carbonyl (C=O) groups is 2. The van der Waals surface area contributed by atoms with Crippen molar-refractivity contribution in [3.63, 3.8) is 0 Å². The minimum absolute atomic E-state index is 0.0392. The van der Waals surface area contributed by atoms with Gasteiger partial charge in [0.05, 0.1) is 11.4 Å². The zero-order valence-electron chi connectivity index (χ0n) is 11.8. The van der Waals surface area contributed by atoms with E-state index in [1.807, 2.05) is 0 Å². The fourth-order valence-electron chi connectivity index (χ4n) is 2.50. The van der Waals surface area contributed by atoms with Crippen LogP contribution in [-0.4, -0.2) is 23.3 Å². The van der Waals surface area contributed by atoms with Crippen LogP contribution in [0.15, 0.2) is 22.8 Å². The molecule has 2 aromatic rings. The molecule has 1 N–H and O–H groups in total. The number of nitrogens with zero attached hydrogens (tertiary/aromatic N) is 2. The van der Waals surface area contributed by atoms with Gasteiger partial charge in [-0.3, -0.25) is 14.5 Å². The average molecular weight is 319 g/mol. The topological polar surface area (TPSA) is 75.4 Å². The number of aromatic nitrogens is 1. The smallest absolute Gasteiger partial charge is 0.280 e. The largest absolute Gasteiger partial charge is 0.448 e. The lowest BCUT2D eigenvalue weighted by Crippen LogP contribution is -2.42. The van der Waals surface area contributed by atoms with Crippen molar-refractivity contribution in [2.75, 3.05) is 16.8 Å². The predicted octanol–water partition coefficient (Wildman–Crippen LogP) is 2.43. The number of nitrogens with one attached hydrogen (secondary N) is 1. The van der Waals surface area contributed by atoms with Gasteiger partial charge in [-0.15, -0.1) is 0 Å². The van der Waals surface area contributed by atoms with E-state index >= 15 is 0 Å². The number of oxazole rings is 1. The molecular formula is C15H11F2N3O3. The lowest BCUT2D eigenvalue weighted by atomic mass is 10.1. The highest BCUT2D eigenvalue weighted by Crippen LogP contribution is 2.39. The van der Waals surface area contributed by atoms with Crippen LogP contribution in [0.3, 0.4) is 0 Å². The third kappa shape index (κ3) is 2.36. The van der Waals surface area contributed by atoms with Crippen LogP contribution in [-0.2, 0) is 4.79 Å². The van der Waals surface area contributed by atoms with Gasteiger partial charge in [-0.05, 0) is 12.8 Å². The number of hydrogen-bond acceptors (Lipinski definition) is 4. The second-order valence-electron chi connectivity index (χ2n) is 5.57. The molecule has 2 heterocycles. The molecule has 1 aromatic carbocycles. The molecule has 4 rings (SSSR count). The van der Waals surface area contributed by atoms with Crippen molar-refractivity contribution in [1.29, 1.82) is 0 Å². The predicted molar refractivity (Wildman–Crippen MR) is 75.1 cm³/mol. The maximum absolute atomic E-state index is 13.5. The van der Waals surface area contributed by atoms with Gasteiger partial charge in [0.15, 0.2) is 23.2 Å².